The van der Waals surface area contributed by atoms with E-state index in [2.05, 4.69) is 6.92 Å². The van der Waals surface area contributed by atoms with Crippen molar-refractivity contribution in [1.82, 2.24) is 0 Å². The van der Waals surface area contributed by atoms with Gasteiger partial charge in [-0.1, -0.05) is 13.0 Å². The van der Waals surface area contributed by atoms with E-state index in [1.54, 1.807) is 7.11 Å². The molecule has 0 spiro atoms. The SMILES string of the molecule is CCc1ccc(OC)cc1C(N)CO. The maximum atomic E-state index is 9.01. The van der Waals surface area contributed by atoms with E-state index in [9.17, 15) is 0 Å². The summed E-state index contributed by atoms with van der Waals surface area (Å²) in [5.41, 5.74) is 7.92. The van der Waals surface area contributed by atoms with E-state index in [0.29, 0.717) is 0 Å². The van der Waals surface area contributed by atoms with Gasteiger partial charge in [-0.25, -0.2) is 0 Å². The van der Waals surface area contributed by atoms with Crippen molar-refractivity contribution >= 4 is 0 Å². The highest BCUT2D eigenvalue weighted by Crippen LogP contribution is 2.22. The molecule has 1 rings (SSSR count). The summed E-state index contributed by atoms with van der Waals surface area (Å²) in [5, 5.41) is 9.01. The normalized spacial score (nSPS) is 12.6. The van der Waals surface area contributed by atoms with Gasteiger partial charge in [-0.05, 0) is 29.7 Å². The van der Waals surface area contributed by atoms with E-state index >= 15 is 0 Å². The number of aliphatic hydroxyl groups is 1. The molecule has 14 heavy (non-hydrogen) atoms. The van der Waals surface area contributed by atoms with Crippen molar-refractivity contribution in [2.24, 2.45) is 5.73 Å². The van der Waals surface area contributed by atoms with E-state index in [1.807, 2.05) is 18.2 Å². The summed E-state index contributed by atoms with van der Waals surface area (Å²) in [7, 11) is 1.62. The Balaban J connectivity index is 3.08. The van der Waals surface area contributed by atoms with Crippen molar-refractivity contribution in [3.05, 3.63) is 29.3 Å². The van der Waals surface area contributed by atoms with Crippen molar-refractivity contribution in [2.45, 2.75) is 19.4 Å². The number of aliphatic hydroxyl groups excluding tert-OH is 1. The van der Waals surface area contributed by atoms with Gasteiger partial charge >= 0.3 is 0 Å². The Bertz CT molecular complexity index is 299. The minimum atomic E-state index is -0.319. The van der Waals surface area contributed by atoms with Crippen LogP contribution in [-0.4, -0.2) is 18.8 Å². The molecule has 0 radical (unpaired) electrons. The van der Waals surface area contributed by atoms with Crippen LogP contribution < -0.4 is 10.5 Å². The second-order valence-electron chi connectivity index (χ2n) is 3.21. The molecule has 0 fully saturated rings. The molecule has 1 aromatic carbocycles. The topological polar surface area (TPSA) is 55.5 Å². The first-order valence-corrected chi connectivity index (χ1v) is 4.76. The second kappa shape index (κ2) is 4.98. The molecule has 0 aromatic heterocycles. The van der Waals surface area contributed by atoms with Crippen LogP contribution in [0, 0.1) is 0 Å². The Morgan fingerprint density at radius 3 is 2.71 bits per heavy atom. The second-order valence-corrected chi connectivity index (χ2v) is 3.21. The zero-order valence-corrected chi connectivity index (χ0v) is 8.66. The fourth-order valence-corrected chi connectivity index (χ4v) is 1.47. The number of hydrogen-bond donors (Lipinski definition) is 2. The fraction of sp³-hybridized carbons (Fsp3) is 0.455. The van der Waals surface area contributed by atoms with E-state index in [4.69, 9.17) is 15.6 Å². The molecule has 0 amide bonds. The summed E-state index contributed by atoms with van der Waals surface area (Å²) in [6.07, 6.45) is 0.910. The highest BCUT2D eigenvalue weighted by molar-refractivity contribution is 5.37. The highest BCUT2D eigenvalue weighted by atomic mass is 16.5. The quantitative estimate of drug-likeness (QED) is 0.760. The molecule has 1 unspecified atom stereocenters. The molecule has 0 aliphatic carbocycles. The van der Waals surface area contributed by atoms with Crippen LogP contribution in [0.1, 0.15) is 24.1 Å². The fourth-order valence-electron chi connectivity index (χ4n) is 1.47. The predicted molar refractivity (Wildman–Crippen MR) is 56.4 cm³/mol. The van der Waals surface area contributed by atoms with Crippen LogP contribution in [-0.2, 0) is 6.42 Å². The van der Waals surface area contributed by atoms with Crippen molar-refractivity contribution < 1.29 is 9.84 Å². The Hall–Kier alpha value is -1.06. The van der Waals surface area contributed by atoms with Gasteiger partial charge < -0.3 is 15.6 Å². The molecule has 0 aliphatic heterocycles. The molecule has 3 N–H and O–H groups in total. The first-order valence-electron chi connectivity index (χ1n) is 4.76. The molecule has 0 heterocycles. The van der Waals surface area contributed by atoms with Crippen LogP contribution in [0.3, 0.4) is 0 Å². The summed E-state index contributed by atoms with van der Waals surface area (Å²) >= 11 is 0. The van der Waals surface area contributed by atoms with Gasteiger partial charge in [0.15, 0.2) is 0 Å². The third-order valence-electron chi connectivity index (χ3n) is 2.33. The van der Waals surface area contributed by atoms with Gasteiger partial charge in [0.1, 0.15) is 5.75 Å². The number of aryl methyl sites for hydroxylation is 1. The molecule has 0 aliphatic rings. The van der Waals surface area contributed by atoms with Crippen LogP contribution in [0.4, 0.5) is 0 Å². The van der Waals surface area contributed by atoms with Crippen LogP contribution in [0.5, 0.6) is 5.75 Å². The summed E-state index contributed by atoms with van der Waals surface area (Å²) in [4.78, 5) is 0. The molecule has 0 saturated carbocycles. The summed E-state index contributed by atoms with van der Waals surface area (Å²) in [5.74, 6) is 0.779. The number of hydrogen-bond acceptors (Lipinski definition) is 3. The van der Waals surface area contributed by atoms with E-state index in [-0.39, 0.29) is 12.6 Å². The Kier molecular flexibility index (Phi) is 3.92. The van der Waals surface area contributed by atoms with E-state index < -0.39 is 0 Å². The van der Waals surface area contributed by atoms with Gasteiger partial charge in [0, 0.05) is 0 Å². The maximum absolute atomic E-state index is 9.01. The third kappa shape index (κ3) is 2.25. The van der Waals surface area contributed by atoms with Crippen LogP contribution in [0.15, 0.2) is 18.2 Å². The van der Waals surface area contributed by atoms with Crippen molar-refractivity contribution in [1.29, 1.82) is 0 Å². The molecular weight excluding hydrogens is 178 g/mol. The highest BCUT2D eigenvalue weighted by Gasteiger charge is 2.10. The molecule has 3 nitrogen and oxygen atoms in total. The molecular formula is C11H17NO2. The smallest absolute Gasteiger partial charge is 0.119 e. The first kappa shape index (κ1) is 11.0. The minimum Gasteiger partial charge on any atom is -0.497 e. The summed E-state index contributed by atoms with van der Waals surface area (Å²) in [6.45, 7) is 2.02. The van der Waals surface area contributed by atoms with Gasteiger partial charge in [-0.15, -0.1) is 0 Å². The zero-order valence-electron chi connectivity index (χ0n) is 8.66. The van der Waals surface area contributed by atoms with Crippen LogP contribution in [0.25, 0.3) is 0 Å². The number of nitrogens with two attached hydrogens (primary N) is 1. The zero-order chi connectivity index (χ0) is 10.6. The summed E-state index contributed by atoms with van der Waals surface area (Å²) < 4.78 is 5.11. The molecule has 0 bridgehead atoms. The van der Waals surface area contributed by atoms with Crippen molar-refractivity contribution in [3.8, 4) is 5.75 Å². The average molecular weight is 195 g/mol. The van der Waals surface area contributed by atoms with Crippen LogP contribution >= 0.6 is 0 Å². The number of rotatable bonds is 4. The van der Waals surface area contributed by atoms with Crippen molar-refractivity contribution in [3.63, 3.8) is 0 Å². The maximum Gasteiger partial charge on any atom is 0.119 e. The van der Waals surface area contributed by atoms with E-state index in [0.717, 1.165) is 23.3 Å². The Labute approximate surface area is 84.5 Å². The molecule has 1 atom stereocenters. The monoisotopic (exact) mass is 195 g/mol. The largest absolute Gasteiger partial charge is 0.497 e. The van der Waals surface area contributed by atoms with Crippen molar-refractivity contribution in [2.75, 3.05) is 13.7 Å². The van der Waals surface area contributed by atoms with Gasteiger partial charge in [-0.2, -0.15) is 0 Å². The first-order chi connectivity index (χ1) is 6.72. The van der Waals surface area contributed by atoms with Gasteiger partial charge in [0.2, 0.25) is 0 Å². The van der Waals surface area contributed by atoms with Gasteiger partial charge in [-0.3, -0.25) is 0 Å². The lowest BCUT2D eigenvalue weighted by Gasteiger charge is -2.14. The molecule has 1 aromatic rings. The Morgan fingerprint density at radius 2 is 2.21 bits per heavy atom. The molecule has 0 saturated heterocycles. The minimum absolute atomic E-state index is 0.0415. The Morgan fingerprint density at radius 1 is 1.50 bits per heavy atom. The van der Waals surface area contributed by atoms with E-state index in [1.165, 1.54) is 0 Å². The standard InChI is InChI=1S/C11H17NO2/c1-3-8-4-5-9(14-2)6-10(8)11(12)7-13/h4-6,11,13H,3,7,12H2,1-2H3. The lowest BCUT2D eigenvalue weighted by atomic mass is 9.99. The lowest BCUT2D eigenvalue weighted by Crippen LogP contribution is -2.16. The van der Waals surface area contributed by atoms with Crippen LogP contribution in [0.2, 0.25) is 0 Å². The number of ether oxygens (including phenoxy) is 1. The van der Waals surface area contributed by atoms with Gasteiger partial charge in [0.25, 0.3) is 0 Å². The lowest BCUT2D eigenvalue weighted by molar-refractivity contribution is 0.267. The number of benzene rings is 1. The number of methoxy groups -OCH3 is 1. The third-order valence-corrected chi connectivity index (χ3v) is 2.33. The summed E-state index contributed by atoms with van der Waals surface area (Å²) in [6, 6.07) is 5.47. The van der Waals surface area contributed by atoms with Gasteiger partial charge in [0.05, 0.1) is 19.8 Å². The molecule has 78 valence electrons. The molecule has 3 heteroatoms. The predicted octanol–water partition coefficient (Wildman–Crippen LogP) is 1.25. The average Bonchev–Trinajstić information content (AvgIpc) is 2.27.